The number of hydrogen-bond acceptors (Lipinski definition) is 3. The fraction of sp³-hybridized carbons (Fsp3) is 0.917. The van der Waals surface area contributed by atoms with Crippen LogP contribution in [0.15, 0.2) is 0 Å². The van der Waals surface area contributed by atoms with Gasteiger partial charge in [0.25, 0.3) is 0 Å². The Morgan fingerprint density at radius 2 is 2.07 bits per heavy atom. The average Bonchev–Trinajstić information content (AvgIpc) is 3.07. The van der Waals surface area contributed by atoms with Crippen molar-refractivity contribution in [3.8, 4) is 0 Å². The van der Waals surface area contributed by atoms with E-state index < -0.39 is 0 Å². The van der Waals surface area contributed by atoms with E-state index in [0.717, 1.165) is 13.0 Å². The molecule has 2 rings (SSSR count). The predicted octanol–water partition coefficient (Wildman–Crippen LogP) is 1.81. The lowest BCUT2D eigenvalue weighted by atomic mass is 10.1. The molecule has 2 fully saturated rings. The molecule has 0 aromatic rings. The normalized spacial score (nSPS) is 22.9. The van der Waals surface area contributed by atoms with Gasteiger partial charge in [-0.25, -0.2) is 0 Å². The number of esters is 1. The van der Waals surface area contributed by atoms with Gasteiger partial charge in [0.1, 0.15) is 6.04 Å². The monoisotopic (exact) mass is 211 g/mol. The molecule has 0 bridgehead atoms. The molecule has 0 spiro atoms. The molecular weight excluding hydrogens is 190 g/mol. The summed E-state index contributed by atoms with van der Waals surface area (Å²) in [6.07, 6.45) is 6.05. The minimum atomic E-state index is -0.0159. The average molecular weight is 211 g/mol. The third-order valence-electron chi connectivity index (χ3n) is 3.37. The first-order chi connectivity index (χ1) is 7.27. The molecule has 2 saturated carbocycles. The minimum absolute atomic E-state index is 0.0159. The Morgan fingerprint density at radius 3 is 2.47 bits per heavy atom. The van der Waals surface area contributed by atoms with E-state index in [-0.39, 0.29) is 12.0 Å². The van der Waals surface area contributed by atoms with Crippen LogP contribution in [0.2, 0.25) is 0 Å². The van der Waals surface area contributed by atoms with Crippen LogP contribution in [-0.2, 0) is 9.53 Å². The van der Waals surface area contributed by atoms with E-state index in [4.69, 9.17) is 4.74 Å². The van der Waals surface area contributed by atoms with Gasteiger partial charge >= 0.3 is 5.97 Å². The molecule has 86 valence electrons. The smallest absolute Gasteiger partial charge is 0.323 e. The van der Waals surface area contributed by atoms with Crippen molar-refractivity contribution in [2.75, 3.05) is 13.7 Å². The van der Waals surface area contributed by atoms with Crippen LogP contribution in [0.1, 0.15) is 39.0 Å². The second kappa shape index (κ2) is 4.52. The minimum Gasteiger partial charge on any atom is -0.468 e. The summed E-state index contributed by atoms with van der Waals surface area (Å²) in [4.78, 5) is 14.2. The highest BCUT2D eigenvalue weighted by Crippen LogP contribution is 2.40. The van der Waals surface area contributed by atoms with E-state index in [0.29, 0.717) is 12.0 Å². The van der Waals surface area contributed by atoms with E-state index >= 15 is 0 Å². The molecule has 0 radical (unpaired) electrons. The highest BCUT2D eigenvalue weighted by atomic mass is 16.5. The number of ether oxygens (including phenoxy) is 1. The molecule has 0 aromatic heterocycles. The second-order valence-corrected chi connectivity index (χ2v) is 4.77. The Balaban J connectivity index is 2.02. The van der Waals surface area contributed by atoms with Crippen LogP contribution in [-0.4, -0.2) is 36.6 Å². The molecule has 1 unspecified atom stereocenters. The summed E-state index contributed by atoms with van der Waals surface area (Å²) in [6.45, 7) is 3.22. The van der Waals surface area contributed by atoms with Gasteiger partial charge in [0, 0.05) is 6.04 Å². The van der Waals surface area contributed by atoms with Crippen molar-refractivity contribution in [3.05, 3.63) is 0 Å². The van der Waals surface area contributed by atoms with E-state index in [1.165, 1.54) is 32.8 Å². The Hall–Kier alpha value is -0.570. The first-order valence-electron chi connectivity index (χ1n) is 6.11. The lowest BCUT2D eigenvalue weighted by Gasteiger charge is -2.29. The van der Waals surface area contributed by atoms with Crippen molar-refractivity contribution < 1.29 is 9.53 Å². The maximum atomic E-state index is 11.8. The van der Waals surface area contributed by atoms with Crippen LogP contribution in [0.3, 0.4) is 0 Å². The van der Waals surface area contributed by atoms with Gasteiger partial charge in [-0.2, -0.15) is 0 Å². The third kappa shape index (κ3) is 2.51. The SMILES string of the molecule is CCCN(C1CC1)C(C(=O)OC)C1CC1. The molecule has 0 aromatic carbocycles. The van der Waals surface area contributed by atoms with Crippen LogP contribution >= 0.6 is 0 Å². The summed E-state index contributed by atoms with van der Waals surface area (Å²) in [6, 6.07) is 0.720. The summed E-state index contributed by atoms with van der Waals surface area (Å²) in [5.41, 5.74) is 0. The zero-order valence-electron chi connectivity index (χ0n) is 9.74. The van der Waals surface area contributed by atoms with E-state index in [1.807, 2.05) is 0 Å². The van der Waals surface area contributed by atoms with Gasteiger partial charge < -0.3 is 4.74 Å². The summed E-state index contributed by atoms with van der Waals surface area (Å²) >= 11 is 0. The Labute approximate surface area is 91.8 Å². The molecule has 0 heterocycles. The van der Waals surface area contributed by atoms with E-state index in [1.54, 1.807) is 0 Å². The lowest BCUT2D eigenvalue weighted by Crippen LogP contribution is -2.45. The van der Waals surface area contributed by atoms with Crippen molar-refractivity contribution in [3.63, 3.8) is 0 Å². The van der Waals surface area contributed by atoms with Gasteiger partial charge in [0.2, 0.25) is 0 Å². The number of carbonyl (C=O) groups is 1. The Bertz CT molecular complexity index is 234. The van der Waals surface area contributed by atoms with Gasteiger partial charge in [-0.05, 0) is 44.6 Å². The Kier molecular flexibility index (Phi) is 3.29. The van der Waals surface area contributed by atoms with Crippen molar-refractivity contribution in [1.29, 1.82) is 0 Å². The van der Waals surface area contributed by atoms with Crippen molar-refractivity contribution >= 4 is 5.97 Å². The molecule has 3 heteroatoms. The standard InChI is InChI=1S/C12H21NO2/c1-3-8-13(10-6-7-10)11(9-4-5-9)12(14)15-2/h9-11H,3-8H2,1-2H3. The second-order valence-electron chi connectivity index (χ2n) is 4.77. The first-order valence-corrected chi connectivity index (χ1v) is 6.11. The highest BCUT2D eigenvalue weighted by molar-refractivity contribution is 5.76. The molecule has 0 amide bonds. The molecule has 2 aliphatic rings. The molecule has 0 saturated heterocycles. The summed E-state index contributed by atoms with van der Waals surface area (Å²) in [5, 5.41) is 0. The van der Waals surface area contributed by atoms with Crippen LogP contribution < -0.4 is 0 Å². The number of methoxy groups -OCH3 is 1. The van der Waals surface area contributed by atoms with Crippen LogP contribution in [0.25, 0.3) is 0 Å². The Morgan fingerprint density at radius 1 is 1.40 bits per heavy atom. The van der Waals surface area contributed by atoms with Gasteiger partial charge in [-0.3, -0.25) is 9.69 Å². The summed E-state index contributed by atoms with van der Waals surface area (Å²) in [7, 11) is 1.51. The molecule has 1 atom stereocenters. The number of nitrogens with zero attached hydrogens (tertiary/aromatic N) is 1. The summed E-state index contributed by atoms with van der Waals surface area (Å²) in [5.74, 6) is 0.558. The van der Waals surface area contributed by atoms with Crippen LogP contribution in [0, 0.1) is 5.92 Å². The molecule has 0 aliphatic heterocycles. The zero-order valence-corrected chi connectivity index (χ0v) is 9.74. The first kappa shape index (κ1) is 10.9. The van der Waals surface area contributed by atoms with E-state index in [9.17, 15) is 4.79 Å². The van der Waals surface area contributed by atoms with Gasteiger partial charge in [0.05, 0.1) is 7.11 Å². The van der Waals surface area contributed by atoms with E-state index in [2.05, 4.69) is 11.8 Å². The summed E-state index contributed by atoms with van der Waals surface area (Å²) < 4.78 is 4.94. The maximum Gasteiger partial charge on any atom is 0.323 e. The number of carbonyl (C=O) groups excluding carboxylic acids is 1. The van der Waals surface area contributed by atoms with Gasteiger partial charge in [-0.15, -0.1) is 0 Å². The molecule has 0 N–H and O–H groups in total. The fourth-order valence-electron chi connectivity index (χ4n) is 2.34. The zero-order chi connectivity index (χ0) is 10.8. The third-order valence-corrected chi connectivity index (χ3v) is 3.37. The van der Waals surface area contributed by atoms with Gasteiger partial charge in [0.15, 0.2) is 0 Å². The van der Waals surface area contributed by atoms with Crippen LogP contribution in [0.4, 0.5) is 0 Å². The topological polar surface area (TPSA) is 29.5 Å². The molecule has 15 heavy (non-hydrogen) atoms. The largest absolute Gasteiger partial charge is 0.468 e. The number of hydrogen-bond donors (Lipinski definition) is 0. The van der Waals surface area contributed by atoms with Crippen molar-refractivity contribution in [2.45, 2.75) is 51.1 Å². The van der Waals surface area contributed by atoms with Crippen molar-refractivity contribution in [2.24, 2.45) is 5.92 Å². The molecular formula is C12H21NO2. The molecule has 2 aliphatic carbocycles. The number of rotatable bonds is 6. The quantitative estimate of drug-likeness (QED) is 0.628. The lowest BCUT2D eigenvalue weighted by molar-refractivity contribution is -0.148. The van der Waals surface area contributed by atoms with Crippen LogP contribution in [0.5, 0.6) is 0 Å². The highest BCUT2D eigenvalue weighted by Gasteiger charge is 2.45. The maximum absolute atomic E-state index is 11.8. The fourth-order valence-corrected chi connectivity index (χ4v) is 2.34. The predicted molar refractivity (Wildman–Crippen MR) is 58.5 cm³/mol. The molecule has 3 nitrogen and oxygen atoms in total. The van der Waals surface area contributed by atoms with Gasteiger partial charge in [-0.1, -0.05) is 6.92 Å². The van der Waals surface area contributed by atoms with Crippen molar-refractivity contribution in [1.82, 2.24) is 4.90 Å².